The first-order valence-electron chi connectivity index (χ1n) is 5.56. The number of nitrogens with zero attached hydrogens (tertiary/aromatic N) is 1. The molecule has 0 rings (SSSR count). The van der Waals surface area contributed by atoms with Crippen LogP contribution >= 0.6 is 42.4 Å². The van der Waals surface area contributed by atoms with Crippen LogP contribution in [0.1, 0.15) is 13.8 Å². The van der Waals surface area contributed by atoms with Crippen molar-refractivity contribution in [2.45, 2.75) is 23.4 Å². The number of halogens is 3. The molecule has 0 heterocycles. The van der Waals surface area contributed by atoms with Crippen molar-refractivity contribution in [1.29, 1.82) is 0 Å². The zero-order chi connectivity index (χ0) is 16.2. The number of hydrogen-bond donors (Lipinski definition) is 1. The monoisotopic (exact) mass is 390 g/mol. The van der Waals surface area contributed by atoms with Crippen LogP contribution in [0.4, 0.5) is 0 Å². The van der Waals surface area contributed by atoms with Gasteiger partial charge < -0.3 is 9.05 Å². The number of hydrogen-bond acceptors (Lipinski definition) is 5. The largest absolute Gasteiger partial charge is 0.352 e. The molecule has 0 aromatic rings. The molecule has 0 aliphatic rings. The van der Waals surface area contributed by atoms with E-state index in [0.717, 1.165) is 4.31 Å². The van der Waals surface area contributed by atoms with E-state index >= 15 is 0 Å². The summed E-state index contributed by atoms with van der Waals surface area (Å²) in [6.07, 6.45) is 0. The van der Waals surface area contributed by atoms with Crippen LogP contribution in [0.15, 0.2) is 0 Å². The van der Waals surface area contributed by atoms with Crippen molar-refractivity contribution < 1.29 is 22.0 Å². The number of alkyl halides is 3. The van der Waals surface area contributed by atoms with Crippen LogP contribution < -0.4 is 4.72 Å². The average molecular weight is 392 g/mol. The van der Waals surface area contributed by atoms with Gasteiger partial charge >= 0.3 is 7.60 Å². The highest BCUT2D eigenvalue weighted by molar-refractivity contribution is 7.87. The minimum atomic E-state index is -4.00. The van der Waals surface area contributed by atoms with Gasteiger partial charge in [-0.2, -0.15) is 17.4 Å². The van der Waals surface area contributed by atoms with Crippen LogP contribution in [0.25, 0.3) is 0 Å². The van der Waals surface area contributed by atoms with Crippen molar-refractivity contribution in [3.05, 3.63) is 0 Å². The van der Waals surface area contributed by atoms with E-state index in [-0.39, 0.29) is 13.2 Å². The van der Waals surface area contributed by atoms with Crippen molar-refractivity contribution in [1.82, 2.24) is 9.03 Å². The van der Waals surface area contributed by atoms with Gasteiger partial charge in [0.2, 0.25) is 3.79 Å². The van der Waals surface area contributed by atoms with Crippen molar-refractivity contribution in [3.8, 4) is 0 Å². The summed E-state index contributed by atoms with van der Waals surface area (Å²) in [6, 6.07) is 0. The van der Waals surface area contributed by atoms with Crippen LogP contribution in [0.3, 0.4) is 0 Å². The van der Waals surface area contributed by atoms with E-state index in [4.69, 9.17) is 43.9 Å². The molecule has 7 nitrogen and oxygen atoms in total. The van der Waals surface area contributed by atoms with Crippen molar-refractivity contribution in [3.63, 3.8) is 0 Å². The lowest BCUT2D eigenvalue weighted by Gasteiger charge is -2.31. The highest BCUT2D eigenvalue weighted by Gasteiger charge is 2.51. The summed E-state index contributed by atoms with van der Waals surface area (Å²) in [5.41, 5.74) is 0. The minimum Gasteiger partial charge on any atom is -0.308 e. The molecule has 12 heteroatoms. The van der Waals surface area contributed by atoms with E-state index in [0.29, 0.717) is 0 Å². The highest BCUT2D eigenvalue weighted by Crippen LogP contribution is 2.59. The molecule has 0 bridgehead atoms. The van der Waals surface area contributed by atoms with Gasteiger partial charge in [0.15, 0.2) is 5.78 Å². The third-order valence-electron chi connectivity index (χ3n) is 1.99. The zero-order valence-electron chi connectivity index (χ0n) is 11.5. The van der Waals surface area contributed by atoms with E-state index in [1.807, 2.05) is 4.72 Å². The molecule has 0 aromatic carbocycles. The molecular weight excluding hydrogens is 373 g/mol. The van der Waals surface area contributed by atoms with Gasteiger partial charge in [0.1, 0.15) is 0 Å². The van der Waals surface area contributed by atoms with Crippen LogP contribution in [0.5, 0.6) is 0 Å². The Kier molecular flexibility index (Phi) is 8.30. The Morgan fingerprint density at radius 2 is 1.60 bits per heavy atom. The van der Waals surface area contributed by atoms with Gasteiger partial charge in [-0.1, -0.05) is 34.8 Å². The first-order valence-corrected chi connectivity index (χ1v) is 9.74. The molecule has 0 aliphatic carbocycles. The maximum atomic E-state index is 12.6. The molecule has 1 atom stereocenters. The van der Waals surface area contributed by atoms with Gasteiger partial charge in [-0.25, -0.2) is 0 Å². The Hall–Kier alpha value is 0.890. The maximum Gasteiger partial charge on any atom is 0.352 e. The molecule has 0 spiro atoms. The Morgan fingerprint density at radius 1 is 1.20 bits per heavy atom. The molecule has 0 aliphatic heterocycles. The summed E-state index contributed by atoms with van der Waals surface area (Å²) >= 11 is 17.2. The van der Waals surface area contributed by atoms with E-state index in [2.05, 4.69) is 0 Å². The fraction of sp³-hybridized carbons (Fsp3) is 1.00. The predicted octanol–water partition coefficient (Wildman–Crippen LogP) is 2.34. The number of nitrogens with one attached hydrogen (secondary N) is 1. The van der Waals surface area contributed by atoms with Crippen molar-refractivity contribution in [2.75, 3.05) is 27.3 Å². The minimum absolute atomic E-state index is 0.00177. The lowest BCUT2D eigenvalue weighted by molar-refractivity contribution is 0.210. The second-order valence-corrected chi connectivity index (χ2v) is 10.1. The SMILES string of the molecule is CCOP(=O)(OCC)C(NS(=O)(=O)N(C)C)C(Cl)(Cl)Cl. The van der Waals surface area contributed by atoms with Crippen LogP contribution in [0, 0.1) is 0 Å². The van der Waals surface area contributed by atoms with Gasteiger partial charge in [-0.05, 0) is 13.8 Å². The Morgan fingerprint density at radius 3 is 1.85 bits per heavy atom. The van der Waals surface area contributed by atoms with Crippen molar-refractivity contribution in [2.24, 2.45) is 0 Å². The molecule has 1 N–H and O–H groups in total. The van der Waals surface area contributed by atoms with Crippen LogP contribution in [0.2, 0.25) is 0 Å². The summed E-state index contributed by atoms with van der Waals surface area (Å²) in [4.78, 5) is 0. The fourth-order valence-electron chi connectivity index (χ4n) is 1.10. The van der Waals surface area contributed by atoms with Crippen molar-refractivity contribution >= 4 is 52.6 Å². The van der Waals surface area contributed by atoms with Gasteiger partial charge in [0.25, 0.3) is 10.2 Å². The molecule has 0 saturated heterocycles. The Bertz CT molecular complexity index is 444. The topological polar surface area (TPSA) is 84.9 Å². The summed E-state index contributed by atoms with van der Waals surface area (Å²) < 4.78 is 47.0. The second-order valence-electron chi connectivity index (χ2n) is 3.72. The Balaban J connectivity index is 5.62. The molecule has 0 amide bonds. The lowest BCUT2D eigenvalue weighted by atomic mass is 10.8. The van der Waals surface area contributed by atoms with E-state index < -0.39 is 27.4 Å². The summed E-state index contributed by atoms with van der Waals surface area (Å²) in [6.45, 7) is 3.11. The van der Waals surface area contributed by atoms with Gasteiger partial charge in [-0.15, -0.1) is 0 Å². The first kappa shape index (κ1) is 20.9. The molecule has 122 valence electrons. The maximum absolute atomic E-state index is 12.6. The molecule has 0 saturated carbocycles. The third kappa shape index (κ3) is 5.94. The average Bonchev–Trinajstić information content (AvgIpc) is 2.24. The zero-order valence-corrected chi connectivity index (χ0v) is 15.4. The summed E-state index contributed by atoms with van der Waals surface area (Å²) in [5, 5.41) is 0. The molecule has 0 aromatic heterocycles. The molecule has 20 heavy (non-hydrogen) atoms. The quantitative estimate of drug-likeness (QED) is 0.507. The van der Waals surface area contributed by atoms with Crippen LogP contribution in [-0.2, 0) is 23.8 Å². The first-order chi connectivity index (χ1) is 8.90. The van der Waals surface area contributed by atoms with Gasteiger partial charge in [0, 0.05) is 14.1 Å². The fourth-order valence-corrected chi connectivity index (χ4v) is 5.57. The molecule has 0 radical (unpaired) electrons. The Labute approximate surface area is 134 Å². The molecular formula is C8H18Cl3N2O5PS. The van der Waals surface area contributed by atoms with Gasteiger partial charge in [-0.3, -0.25) is 4.57 Å². The summed E-state index contributed by atoms with van der Waals surface area (Å²) in [7, 11) is -5.47. The second kappa shape index (κ2) is 7.94. The predicted molar refractivity (Wildman–Crippen MR) is 80.7 cm³/mol. The van der Waals surface area contributed by atoms with E-state index in [1.54, 1.807) is 13.8 Å². The number of rotatable bonds is 8. The van der Waals surface area contributed by atoms with E-state index in [1.165, 1.54) is 14.1 Å². The lowest BCUT2D eigenvalue weighted by Crippen LogP contribution is -2.48. The summed E-state index contributed by atoms with van der Waals surface area (Å²) in [5.74, 6) is -1.67. The standard InChI is InChI=1S/C8H18Cl3N2O5PS/c1-5-17-19(14,18-6-2)7(8(9,10)11)12-20(15,16)13(3)4/h7,12H,5-6H2,1-4H3. The van der Waals surface area contributed by atoms with E-state index in [9.17, 15) is 13.0 Å². The third-order valence-corrected chi connectivity index (χ3v) is 7.15. The smallest absolute Gasteiger partial charge is 0.308 e. The van der Waals surface area contributed by atoms with Gasteiger partial charge in [0.05, 0.1) is 13.2 Å². The highest BCUT2D eigenvalue weighted by atomic mass is 35.6. The van der Waals surface area contributed by atoms with Crippen LogP contribution in [-0.4, -0.2) is 49.6 Å². The molecule has 0 fully saturated rings. The normalized spacial score (nSPS) is 15.6. The molecule has 1 unspecified atom stereocenters.